The molecule has 1 fully saturated rings. The van der Waals surface area contributed by atoms with Gasteiger partial charge in [-0.1, -0.05) is 0 Å². The van der Waals surface area contributed by atoms with Gasteiger partial charge in [-0.05, 0) is 0 Å². The summed E-state index contributed by atoms with van der Waals surface area (Å²) in [6.45, 7) is 5.32. The number of carboxylic acid groups (broad SMARTS) is 1. The Labute approximate surface area is 117 Å². The van der Waals surface area contributed by atoms with Gasteiger partial charge in [-0.15, -0.1) is 11.3 Å². The van der Waals surface area contributed by atoms with E-state index in [2.05, 4.69) is 15.2 Å². The van der Waals surface area contributed by atoms with Gasteiger partial charge in [-0.25, -0.2) is 9.78 Å². The maximum atomic E-state index is 10.6. The molecule has 0 aliphatic carbocycles. The zero-order valence-electron chi connectivity index (χ0n) is 10.5. The van der Waals surface area contributed by atoms with Crippen molar-refractivity contribution in [3.8, 4) is 0 Å². The first-order chi connectivity index (χ1) is 9.29. The van der Waals surface area contributed by atoms with Crippen LogP contribution in [-0.4, -0.2) is 53.3 Å². The SMILES string of the molecule is Nc1nc(CN2CCNCC2)cs1.O=C(O)C(F)(F)F. The second-order valence-electron chi connectivity index (χ2n) is 4.01. The molecule has 1 aliphatic rings. The van der Waals surface area contributed by atoms with E-state index >= 15 is 0 Å². The molecule has 0 saturated carbocycles. The first-order valence-corrected chi connectivity index (χ1v) is 6.60. The van der Waals surface area contributed by atoms with Gasteiger partial charge in [0.1, 0.15) is 0 Å². The van der Waals surface area contributed by atoms with E-state index in [1.54, 1.807) is 0 Å². The van der Waals surface area contributed by atoms with Crippen LogP contribution in [0, 0.1) is 0 Å². The lowest BCUT2D eigenvalue weighted by atomic mass is 10.3. The molecule has 0 amide bonds. The van der Waals surface area contributed by atoms with Gasteiger partial charge in [0.05, 0.1) is 5.69 Å². The molecule has 2 rings (SSSR count). The molecule has 6 nitrogen and oxygen atoms in total. The third-order valence-electron chi connectivity index (χ3n) is 2.41. The minimum atomic E-state index is -5.08. The van der Waals surface area contributed by atoms with Gasteiger partial charge in [0.2, 0.25) is 0 Å². The topological polar surface area (TPSA) is 91.5 Å². The molecule has 4 N–H and O–H groups in total. The van der Waals surface area contributed by atoms with Crippen LogP contribution in [-0.2, 0) is 11.3 Å². The maximum absolute atomic E-state index is 10.6. The fourth-order valence-corrected chi connectivity index (χ4v) is 2.05. The molecule has 2 heterocycles. The summed E-state index contributed by atoms with van der Waals surface area (Å²) in [6.07, 6.45) is -5.08. The van der Waals surface area contributed by atoms with Gasteiger partial charge >= 0.3 is 12.1 Å². The van der Waals surface area contributed by atoms with Gasteiger partial charge in [-0.3, -0.25) is 4.90 Å². The lowest BCUT2D eigenvalue weighted by Gasteiger charge is -2.26. The summed E-state index contributed by atoms with van der Waals surface area (Å²) in [6, 6.07) is 0. The highest BCUT2D eigenvalue weighted by molar-refractivity contribution is 7.13. The lowest BCUT2D eigenvalue weighted by Crippen LogP contribution is -2.42. The Kier molecular flexibility index (Phi) is 6.17. The number of nitrogens with two attached hydrogens (primary N) is 1. The molecule has 20 heavy (non-hydrogen) atoms. The van der Waals surface area contributed by atoms with Crippen molar-refractivity contribution in [3.05, 3.63) is 11.1 Å². The number of aliphatic carboxylic acids is 1. The zero-order chi connectivity index (χ0) is 15.2. The number of aromatic nitrogens is 1. The third-order valence-corrected chi connectivity index (χ3v) is 3.13. The number of alkyl halides is 3. The number of nitrogen functional groups attached to an aromatic ring is 1. The van der Waals surface area contributed by atoms with Crippen LogP contribution in [0.15, 0.2) is 5.38 Å². The maximum Gasteiger partial charge on any atom is 0.490 e. The summed E-state index contributed by atoms with van der Waals surface area (Å²) in [5.74, 6) is -2.76. The highest BCUT2D eigenvalue weighted by atomic mass is 32.1. The van der Waals surface area contributed by atoms with Crippen LogP contribution in [0.25, 0.3) is 0 Å². The summed E-state index contributed by atoms with van der Waals surface area (Å²) in [7, 11) is 0. The summed E-state index contributed by atoms with van der Waals surface area (Å²) in [4.78, 5) is 15.5. The predicted molar refractivity (Wildman–Crippen MR) is 68.4 cm³/mol. The summed E-state index contributed by atoms with van der Waals surface area (Å²) >= 11 is 1.52. The van der Waals surface area contributed by atoms with Crippen molar-refractivity contribution >= 4 is 22.4 Å². The number of rotatable bonds is 2. The number of hydrogen-bond acceptors (Lipinski definition) is 6. The Morgan fingerprint density at radius 2 is 2.05 bits per heavy atom. The smallest absolute Gasteiger partial charge is 0.475 e. The van der Waals surface area contributed by atoms with Crippen molar-refractivity contribution in [1.29, 1.82) is 0 Å². The van der Waals surface area contributed by atoms with Crippen LogP contribution >= 0.6 is 11.3 Å². The summed E-state index contributed by atoms with van der Waals surface area (Å²) in [5.41, 5.74) is 6.66. The molecule has 1 aromatic rings. The van der Waals surface area contributed by atoms with Gasteiger partial charge in [-0.2, -0.15) is 13.2 Å². The second kappa shape index (κ2) is 7.41. The van der Waals surface area contributed by atoms with Crippen molar-refractivity contribution in [2.75, 3.05) is 31.9 Å². The number of carboxylic acids is 1. The van der Waals surface area contributed by atoms with Crippen molar-refractivity contribution in [2.24, 2.45) is 0 Å². The molecule has 0 bridgehead atoms. The number of carbonyl (C=O) groups is 1. The second-order valence-corrected chi connectivity index (χ2v) is 4.90. The van der Waals surface area contributed by atoms with E-state index in [0.29, 0.717) is 5.13 Å². The molecule has 1 saturated heterocycles. The number of anilines is 1. The zero-order valence-corrected chi connectivity index (χ0v) is 11.3. The van der Waals surface area contributed by atoms with E-state index < -0.39 is 12.1 Å². The van der Waals surface area contributed by atoms with Crippen molar-refractivity contribution in [2.45, 2.75) is 12.7 Å². The fourth-order valence-electron chi connectivity index (χ4n) is 1.49. The molecule has 0 unspecified atom stereocenters. The Bertz CT molecular complexity index is 432. The highest BCUT2D eigenvalue weighted by Crippen LogP contribution is 2.13. The molecule has 114 valence electrons. The molecule has 1 aromatic heterocycles. The summed E-state index contributed by atoms with van der Waals surface area (Å²) in [5, 5.41) is 13.2. The minimum absolute atomic E-state index is 0.671. The third kappa shape index (κ3) is 6.17. The van der Waals surface area contributed by atoms with Crippen molar-refractivity contribution < 1.29 is 23.1 Å². The fraction of sp³-hybridized carbons (Fsp3) is 0.600. The van der Waals surface area contributed by atoms with Crippen LogP contribution in [0.4, 0.5) is 18.3 Å². The quantitative estimate of drug-likeness (QED) is 0.747. The van der Waals surface area contributed by atoms with E-state index in [4.69, 9.17) is 15.6 Å². The van der Waals surface area contributed by atoms with Gasteiger partial charge in [0.25, 0.3) is 0 Å². The Morgan fingerprint density at radius 3 is 2.45 bits per heavy atom. The molecular weight excluding hydrogens is 297 g/mol. The van der Waals surface area contributed by atoms with Crippen molar-refractivity contribution in [3.63, 3.8) is 0 Å². The van der Waals surface area contributed by atoms with Crippen LogP contribution in [0.3, 0.4) is 0 Å². The number of hydrogen-bond donors (Lipinski definition) is 3. The monoisotopic (exact) mass is 312 g/mol. The van der Waals surface area contributed by atoms with E-state index in [1.807, 2.05) is 5.38 Å². The molecule has 0 aromatic carbocycles. The molecule has 1 aliphatic heterocycles. The first-order valence-electron chi connectivity index (χ1n) is 5.72. The van der Waals surface area contributed by atoms with Crippen LogP contribution in [0.2, 0.25) is 0 Å². The molecule has 0 radical (unpaired) electrons. The number of halogens is 3. The average Bonchev–Trinajstić information content (AvgIpc) is 2.75. The Balaban J connectivity index is 0.000000246. The van der Waals surface area contributed by atoms with Gasteiger partial charge < -0.3 is 16.2 Å². The number of thiazole rings is 1. The number of nitrogens with zero attached hydrogens (tertiary/aromatic N) is 2. The van der Waals surface area contributed by atoms with E-state index in [0.717, 1.165) is 38.4 Å². The van der Waals surface area contributed by atoms with Gasteiger partial charge in [0, 0.05) is 38.1 Å². The van der Waals surface area contributed by atoms with Crippen LogP contribution in [0.5, 0.6) is 0 Å². The van der Waals surface area contributed by atoms with Crippen molar-refractivity contribution in [1.82, 2.24) is 15.2 Å². The lowest BCUT2D eigenvalue weighted by molar-refractivity contribution is -0.192. The van der Waals surface area contributed by atoms with E-state index in [1.165, 1.54) is 11.3 Å². The van der Waals surface area contributed by atoms with Crippen LogP contribution in [0.1, 0.15) is 5.69 Å². The highest BCUT2D eigenvalue weighted by Gasteiger charge is 2.38. The largest absolute Gasteiger partial charge is 0.490 e. The number of piperazine rings is 1. The molecule has 0 atom stereocenters. The normalized spacial score (nSPS) is 16.4. The Hall–Kier alpha value is -1.39. The summed E-state index contributed by atoms with van der Waals surface area (Å²) < 4.78 is 31.7. The average molecular weight is 312 g/mol. The van der Waals surface area contributed by atoms with E-state index in [9.17, 15) is 13.2 Å². The first kappa shape index (κ1) is 16.7. The standard InChI is InChI=1S/C8H14N4S.C2HF3O2/c9-8-11-7(6-13-8)5-12-3-1-10-2-4-12;3-2(4,5)1(6)7/h6,10H,1-5H2,(H2,9,11);(H,6,7). The molecule has 10 heteroatoms. The Morgan fingerprint density at radius 1 is 1.50 bits per heavy atom. The number of nitrogens with one attached hydrogen (secondary N) is 1. The van der Waals surface area contributed by atoms with Crippen LogP contribution < -0.4 is 11.1 Å². The van der Waals surface area contributed by atoms with Gasteiger partial charge in [0.15, 0.2) is 5.13 Å². The van der Waals surface area contributed by atoms with E-state index in [-0.39, 0.29) is 0 Å². The molecular formula is C10H15F3N4O2S. The predicted octanol–water partition coefficient (Wildman–Crippen LogP) is 0.764. The minimum Gasteiger partial charge on any atom is -0.475 e. The molecule has 0 spiro atoms.